The summed E-state index contributed by atoms with van der Waals surface area (Å²) in [7, 11) is 7.33. The Hall–Kier alpha value is -3.85. The molecule has 0 fully saturated rings. The van der Waals surface area contributed by atoms with E-state index in [1.54, 1.807) is 14.2 Å². The van der Waals surface area contributed by atoms with Crippen LogP contribution in [0.4, 0.5) is 11.8 Å². The van der Waals surface area contributed by atoms with Crippen molar-refractivity contribution in [3.05, 3.63) is 70.9 Å². The molecule has 0 radical (unpaired) electrons. The van der Waals surface area contributed by atoms with E-state index in [0.717, 1.165) is 34.7 Å². The Morgan fingerprint density at radius 1 is 0.946 bits per heavy atom. The van der Waals surface area contributed by atoms with Crippen LogP contribution in [0.25, 0.3) is 0 Å². The number of nitrogens with zero attached hydrogens (tertiary/aromatic N) is 4. The average Bonchev–Trinajstić information content (AvgIpc) is 3.24. The van der Waals surface area contributed by atoms with E-state index in [2.05, 4.69) is 20.5 Å². The summed E-state index contributed by atoms with van der Waals surface area (Å²) in [5.74, 6) is 2.57. The molecule has 9 heteroatoms. The van der Waals surface area contributed by atoms with Crippen molar-refractivity contribution in [2.45, 2.75) is 32.5 Å². The number of fused-ring (bicyclic) bond motifs is 1. The number of anilines is 2. The van der Waals surface area contributed by atoms with Crippen LogP contribution in [0.1, 0.15) is 47.1 Å². The third-order valence-electron chi connectivity index (χ3n) is 6.44. The van der Waals surface area contributed by atoms with Gasteiger partial charge < -0.3 is 29.9 Å². The Labute approximate surface area is 218 Å². The van der Waals surface area contributed by atoms with Gasteiger partial charge in [-0.05, 0) is 63.3 Å². The number of hydrogen-bond acceptors (Lipinski definition) is 8. The molecule has 196 valence electrons. The Bertz CT molecular complexity index is 1160. The van der Waals surface area contributed by atoms with Crippen molar-refractivity contribution >= 4 is 17.7 Å². The van der Waals surface area contributed by atoms with Crippen LogP contribution in [-0.2, 0) is 6.54 Å². The Morgan fingerprint density at radius 2 is 1.51 bits per heavy atom. The monoisotopic (exact) mass is 504 g/mol. The van der Waals surface area contributed by atoms with Crippen LogP contribution in [0.5, 0.6) is 11.5 Å². The van der Waals surface area contributed by atoms with E-state index >= 15 is 0 Å². The zero-order chi connectivity index (χ0) is 26.5. The van der Waals surface area contributed by atoms with Gasteiger partial charge in [0, 0.05) is 24.7 Å². The van der Waals surface area contributed by atoms with E-state index in [-0.39, 0.29) is 18.0 Å². The number of carbonyl (C=O) groups excluding carboxylic acids is 1. The van der Waals surface area contributed by atoms with Gasteiger partial charge in [0.1, 0.15) is 23.0 Å². The fourth-order valence-electron chi connectivity index (χ4n) is 4.28. The summed E-state index contributed by atoms with van der Waals surface area (Å²) >= 11 is 0. The largest absolute Gasteiger partial charge is 0.497 e. The molecule has 0 saturated carbocycles. The highest BCUT2D eigenvalue weighted by Gasteiger charge is 2.35. The first kappa shape index (κ1) is 26.2. The highest BCUT2D eigenvalue weighted by molar-refractivity contribution is 5.98. The number of nitrogens with one attached hydrogen (secondary N) is 2. The first-order chi connectivity index (χ1) is 17.8. The first-order valence-electron chi connectivity index (χ1n) is 12.5. The summed E-state index contributed by atoms with van der Waals surface area (Å²) < 4.78 is 10.7. The summed E-state index contributed by atoms with van der Waals surface area (Å²) in [5.41, 5.74) is 3.32. The van der Waals surface area contributed by atoms with Crippen LogP contribution in [-0.4, -0.2) is 73.1 Å². The van der Waals surface area contributed by atoms with Gasteiger partial charge in [0.25, 0.3) is 5.91 Å². The molecule has 0 spiro atoms. The number of amides is 1. The molecule has 2 aromatic carbocycles. The lowest BCUT2D eigenvalue weighted by Gasteiger charge is -2.23. The second-order valence-corrected chi connectivity index (χ2v) is 9.60. The third kappa shape index (κ3) is 5.94. The standard InChI is InChI=1S/C28H36N6O3/c1-18(2)34-17-23-25(27(34)35)31-28(29-15-16-33(3)4)32-26(23)30-24(19-7-11-21(36-5)12-8-19)20-9-13-22(37-6)14-10-20/h7-14,18,24H,15-17H2,1-6H3,(H2,29,30,31,32). The van der Waals surface area contributed by atoms with Crippen LogP contribution < -0.4 is 20.1 Å². The maximum absolute atomic E-state index is 13.2. The molecular formula is C28H36N6O3. The third-order valence-corrected chi connectivity index (χ3v) is 6.44. The first-order valence-corrected chi connectivity index (χ1v) is 12.5. The molecule has 1 amide bonds. The normalized spacial score (nSPS) is 12.9. The quantitative estimate of drug-likeness (QED) is 0.404. The smallest absolute Gasteiger partial charge is 0.273 e. The lowest BCUT2D eigenvalue weighted by Crippen LogP contribution is -2.31. The lowest BCUT2D eigenvalue weighted by atomic mass is 9.98. The summed E-state index contributed by atoms with van der Waals surface area (Å²) in [5, 5.41) is 6.93. The number of ether oxygens (including phenoxy) is 2. The molecule has 2 N–H and O–H groups in total. The van der Waals surface area contributed by atoms with Crippen LogP contribution in [0.15, 0.2) is 48.5 Å². The molecule has 0 atom stereocenters. The van der Waals surface area contributed by atoms with Crippen molar-refractivity contribution < 1.29 is 14.3 Å². The molecule has 0 aliphatic carbocycles. The molecule has 0 saturated heterocycles. The van der Waals surface area contributed by atoms with Crippen LogP contribution in [0.3, 0.4) is 0 Å². The van der Waals surface area contributed by atoms with E-state index in [1.807, 2.05) is 81.4 Å². The minimum absolute atomic E-state index is 0.0543. The van der Waals surface area contributed by atoms with Gasteiger partial charge in [-0.25, -0.2) is 4.98 Å². The summed E-state index contributed by atoms with van der Waals surface area (Å²) in [6.45, 7) is 5.96. The van der Waals surface area contributed by atoms with Crippen LogP contribution in [0, 0.1) is 0 Å². The number of carbonyl (C=O) groups is 1. The number of likely N-dealkylation sites (N-methyl/N-ethyl adjacent to an activating group) is 1. The molecule has 2 heterocycles. The van der Waals surface area contributed by atoms with E-state index in [4.69, 9.17) is 14.5 Å². The molecule has 0 bridgehead atoms. The number of aromatic nitrogens is 2. The fourth-order valence-corrected chi connectivity index (χ4v) is 4.28. The summed E-state index contributed by atoms with van der Waals surface area (Å²) in [4.78, 5) is 26.6. The van der Waals surface area contributed by atoms with E-state index < -0.39 is 0 Å². The second-order valence-electron chi connectivity index (χ2n) is 9.60. The van der Waals surface area contributed by atoms with Gasteiger partial charge in [-0.3, -0.25) is 4.79 Å². The predicted octanol–water partition coefficient (Wildman–Crippen LogP) is 4.03. The fraction of sp³-hybridized carbons (Fsp3) is 0.393. The van der Waals surface area contributed by atoms with Crippen molar-refractivity contribution in [3.63, 3.8) is 0 Å². The Balaban J connectivity index is 1.76. The maximum Gasteiger partial charge on any atom is 0.273 e. The maximum atomic E-state index is 13.2. The minimum Gasteiger partial charge on any atom is -0.497 e. The molecule has 9 nitrogen and oxygen atoms in total. The van der Waals surface area contributed by atoms with Crippen molar-refractivity contribution in [1.82, 2.24) is 19.8 Å². The molecule has 1 aliphatic rings. The van der Waals surface area contributed by atoms with Gasteiger partial charge >= 0.3 is 0 Å². The van der Waals surface area contributed by atoms with E-state index in [9.17, 15) is 4.79 Å². The second kappa shape index (κ2) is 11.5. The van der Waals surface area contributed by atoms with Crippen molar-refractivity contribution in [2.24, 2.45) is 0 Å². The van der Waals surface area contributed by atoms with E-state index in [1.165, 1.54) is 0 Å². The summed E-state index contributed by atoms with van der Waals surface area (Å²) in [6, 6.07) is 15.7. The lowest BCUT2D eigenvalue weighted by molar-refractivity contribution is 0.0726. The van der Waals surface area contributed by atoms with Crippen molar-refractivity contribution in [3.8, 4) is 11.5 Å². The van der Waals surface area contributed by atoms with Gasteiger partial charge in [-0.1, -0.05) is 24.3 Å². The average molecular weight is 505 g/mol. The number of rotatable bonds is 11. The predicted molar refractivity (Wildman–Crippen MR) is 146 cm³/mol. The van der Waals surface area contributed by atoms with Crippen molar-refractivity contribution in [1.29, 1.82) is 0 Å². The molecule has 3 aromatic rings. The van der Waals surface area contributed by atoms with Gasteiger partial charge in [0.15, 0.2) is 0 Å². The molecule has 4 rings (SSSR count). The molecule has 1 aromatic heterocycles. The molecule has 1 aliphatic heterocycles. The summed E-state index contributed by atoms with van der Waals surface area (Å²) in [6.07, 6.45) is 0. The minimum atomic E-state index is -0.228. The molecular weight excluding hydrogens is 468 g/mol. The molecule has 0 unspecified atom stereocenters. The zero-order valence-electron chi connectivity index (χ0n) is 22.4. The zero-order valence-corrected chi connectivity index (χ0v) is 22.4. The highest BCUT2D eigenvalue weighted by Crippen LogP contribution is 2.34. The Kier molecular flexibility index (Phi) is 8.13. The van der Waals surface area contributed by atoms with Crippen LogP contribution >= 0.6 is 0 Å². The van der Waals surface area contributed by atoms with Gasteiger partial charge in [-0.2, -0.15) is 4.98 Å². The number of hydrogen-bond donors (Lipinski definition) is 2. The van der Waals surface area contributed by atoms with Gasteiger partial charge in [0.05, 0.1) is 26.8 Å². The molecule has 37 heavy (non-hydrogen) atoms. The number of benzene rings is 2. The SMILES string of the molecule is COc1ccc(C(Nc2nc(NCCN(C)C)nc3c2CN(C(C)C)C3=O)c2ccc(OC)cc2)cc1. The van der Waals surface area contributed by atoms with Crippen molar-refractivity contribution in [2.75, 3.05) is 52.0 Å². The number of methoxy groups -OCH3 is 2. The van der Waals surface area contributed by atoms with Gasteiger partial charge in [0.2, 0.25) is 5.95 Å². The van der Waals surface area contributed by atoms with E-state index in [0.29, 0.717) is 30.5 Å². The van der Waals surface area contributed by atoms with Gasteiger partial charge in [-0.15, -0.1) is 0 Å². The topological polar surface area (TPSA) is 91.9 Å². The highest BCUT2D eigenvalue weighted by atomic mass is 16.5. The Morgan fingerprint density at radius 3 is 2.00 bits per heavy atom. The van der Waals surface area contributed by atoms with Crippen LogP contribution in [0.2, 0.25) is 0 Å².